The van der Waals surface area contributed by atoms with E-state index in [0.717, 1.165) is 11.1 Å². The highest BCUT2D eigenvalue weighted by Gasteiger charge is 2.07. The Labute approximate surface area is 129 Å². The number of nitriles is 1. The number of carbonyl (C=O) groups is 1. The van der Waals surface area contributed by atoms with Gasteiger partial charge in [-0.3, -0.25) is 4.79 Å². The van der Waals surface area contributed by atoms with E-state index in [1.54, 1.807) is 37.5 Å². The highest BCUT2D eigenvalue weighted by molar-refractivity contribution is 5.91. The predicted molar refractivity (Wildman–Crippen MR) is 84.2 cm³/mol. The average molecular weight is 293 g/mol. The van der Waals surface area contributed by atoms with Crippen LogP contribution >= 0.6 is 0 Å². The Morgan fingerprint density at radius 2 is 1.82 bits per heavy atom. The van der Waals surface area contributed by atoms with Crippen LogP contribution in [0, 0.1) is 11.3 Å². The first kappa shape index (κ1) is 15.3. The van der Waals surface area contributed by atoms with Gasteiger partial charge in [-0.05, 0) is 35.9 Å². The van der Waals surface area contributed by atoms with Gasteiger partial charge in [-0.1, -0.05) is 24.3 Å². The van der Waals surface area contributed by atoms with E-state index in [2.05, 4.69) is 6.07 Å². The van der Waals surface area contributed by atoms with Crippen molar-refractivity contribution in [2.24, 2.45) is 0 Å². The highest BCUT2D eigenvalue weighted by atomic mass is 16.5. The average Bonchev–Trinajstić information content (AvgIpc) is 2.53. The van der Waals surface area contributed by atoms with Gasteiger partial charge in [-0.15, -0.1) is 0 Å². The van der Waals surface area contributed by atoms with Crippen LogP contribution in [0.5, 0.6) is 11.5 Å². The third-order valence-corrected chi connectivity index (χ3v) is 2.97. The van der Waals surface area contributed by atoms with Crippen molar-refractivity contribution in [2.45, 2.75) is 6.92 Å². The van der Waals surface area contributed by atoms with Crippen molar-refractivity contribution in [2.75, 3.05) is 7.11 Å². The van der Waals surface area contributed by atoms with Gasteiger partial charge >= 0.3 is 5.97 Å². The first-order valence-corrected chi connectivity index (χ1v) is 6.67. The molecule has 0 fully saturated rings. The first-order chi connectivity index (χ1) is 10.6. The molecule has 0 spiro atoms. The maximum absolute atomic E-state index is 10.9. The van der Waals surface area contributed by atoms with E-state index in [1.807, 2.05) is 24.3 Å². The van der Waals surface area contributed by atoms with E-state index >= 15 is 0 Å². The quantitative estimate of drug-likeness (QED) is 0.373. The topological polar surface area (TPSA) is 59.3 Å². The number of esters is 1. The lowest BCUT2D eigenvalue weighted by molar-refractivity contribution is -0.131. The molecule has 4 heteroatoms. The zero-order valence-corrected chi connectivity index (χ0v) is 12.4. The summed E-state index contributed by atoms with van der Waals surface area (Å²) in [7, 11) is 1.57. The van der Waals surface area contributed by atoms with E-state index in [0.29, 0.717) is 17.1 Å². The van der Waals surface area contributed by atoms with Crippen molar-refractivity contribution >= 4 is 17.6 Å². The standard InChI is InChI=1S/C18H15NO3/c1-13(20)22-16-9-7-14(8-10-16)11-15(12-19)17-5-3-4-6-18(17)21-2/h3-11H,1-2H3/b15-11-. The van der Waals surface area contributed by atoms with Crippen LogP contribution in [-0.4, -0.2) is 13.1 Å². The lowest BCUT2D eigenvalue weighted by Crippen LogP contribution is -2.00. The minimum atomic E-state index is -0.366. The van der Waals surface area contributed by atoms with Crippen LogP contribution in [-0.2, 0) is 4.79 Å². The van der Waals surface area contributed by atoms with Crippen LogP contribution in [0.25, 0.3) is 11.6 Å². The fourth-order valence-corrected chi connectivity index (χ4v) is 2.00. The molecule has 2 aromatic carbocycles. The highest BCUT2D eigenvalue weighted by Crippen LogP contribution is 2.27. The Morgan fingerprint density at radius 1 is 1.14 bits per heavy atom. The number of carbonyl (C=O) groups excluding carboxylic acids is 1. The van der Waals surface area contributed by atoms with Crippen LogP contribution < -0.4 is 9.47 Å². The summed E-state index contributed by atoms with van der Waals surface area (Å²) in [5, 5.41) is 9.39. The number of hydrogen-bond donors (Lipinski definition) is 0. The molecule has 0 radical (unpaired) electrons. The van der Waals surface area contributed by atoms with Gasteiger partial charge in [0.05, 0.1) is 18.8 Å². The molecule has 4 nitrogen and oxygen atoms in total. The molecule has 0 aliphatic carbocycles. The summed E-state index contributed by atoms with van der Waals surface area (Å²) in [6.07, 6.45) is 1.76. The van der Waals surface area contributed by atoms with E-state index in [1.165, 1.54) is 6.92 Å². The third kappa shape index (κ3) is 3.74. The molecule has 0 N–H and O–H groups in total. The van der Waals surface area contributed by atoms with Gasteiger partial charge in [0.15, 0.2) is 0 Å². The normalized spacial score (nSPS) is 10.7. The van der Waals surface area contributed by atoms with Crippen molar-refractivity contribution in [3.8, 4) is 17.6 Å². The molecular formula is C18H15NO3. The molecule has 0 saturated carbocycles. The molecule has 0 unspecified atom stereocenters. The second kappa shape index (κ2) is 7.09. The van der Waals surface area contributed by atoms with Gasteiger partial charge in [-0.2, -0.15) is 5.26 Å². The summed E-state index contributed by atoms with van der Waals surface area (Å²) < 4.78 is 10.3. The molecule has 0 aliphatic heterocycles. The SMILES string of the molecule is COc1ccccc1/C(C#N)=C\c1ccc(OC(C)=O)cc1. The smallest absolute Gasteiger partial charge is 0.308 e. The zero-order chi connectivity index (χ0) is 15.9. The molecular weight excluding hydrogens is 278 g/mol. The molecule has 0 bridgehead atoms. The number of nitrogens with zero attached hydrogens (tertiary/aromatic N) is 1. The zero-order valence-electron chi connectivity index (χ0n) is 12.4. The summed E-state index contributed by atoms with van der Waals surface area (Å²) in [6, 6.07) is 16.5. The van der Waals surface area contributed by atoms with Gasteiger partial charge < -0.3 is 9.47 Å². The monoisotopic (exact) mass is 293 g/mol. The summed E-state index contributed by atoms with van der Waals surface area (Å²) in [5.41, 5.74) is 2.06. The largest absolute Gasteiger partial charge is 0.496 e. The number of para-hydroxylation sites is 1. The second-order valence-electron chi connectivity index (χ2n) is 4.53. The van der Waals surface area contributed by atoms with Gasteiger partial charge in [0.25, 0.3) is 0 Å². The van der Waals surface area contributed by atoms with Crippen LogP contribution in [0.3, 0.4) is 0 Å². The van der Waals surface area contributed by atoms with Crippen molar-refractivity contribution in [3.05, 3.63) is 59.7 Å². The van der Waals surface area contributed by atoms with E-state index < -0.39 is 0 Å². The van der Waals surface area contributed by atoms with Crippen molar-refractivity contribution < 1.29 is 14.3 Å². The summed E-state index contributed by atoms with van der Waals surface area (Å²) in [5.74, 6) is 0.752. The third-order valence-electron chi connectivity index (χ3n) is 2.97. The molecule has 0 aromatic heterocycles. The molecule has 110 valence electrons. The molecule has 2 aromatic rings. The lowest BCUT2D eigenvalue weighted by Gasteiger charge is -2.07. The van der Waals surface area contributed by atoms with Crippen molar-refractivity contribution in [3.63, 3.8) is 0 Å². The molecule has 2 rings (SSSR count). The number of hydrogen-bond acceptors (Lipinski definition) is 4. The molecule has 0 amide bonds. The summed E-state index contributed by atoms with van der Waals surface area (Å²) in [6.45, 7) is 1.35. The molecule has 0 heterocycles. The van der Waals surface area contributed by atoms with E-state index in [4.69, 9.17) is 9.47 Å². The van der Waals surface area contributed by atoms with E-state index in [9.17, 15) is 10.1 Å². The number of ether oxygens (including phenoxy) is 2. The number of rotatable bonds is 4. The van der Waals surface area contributed by atoms with Crippen LogP contribution in [0.15, 0.2) is 48.5 Å². The molecule has 0 aliphatic rings. The Kier molecular flexibility index (Phi) is 4.94. The number of benzene rings is 2. The lowest BCUT2D eigenvalue weighted by atomic mass is 10.0. The van der Waals surface area contributed by atoms with Gasteiger partial charge in [0, 0.05) is 12.5 Å². The fourth-order valence-electron chi connectivity index (χ4n) is 2.00. The molecule has 0 saturated heterocycles. The second-order valence-corrected chi connectivity index (χ2v) is 4.53. The maximum Gasteiger partial charge on any atom is 0.308 e. The van der Waals surface area contributed by atoms with Gasteiger partial charge in [0.2, 0.25) is 0 Å². The minimum absolute atomic E-state index is 0.366. The maximum atomic E-state index is 10.9. The summed E-state index contributed by atoms with van der Waals surface area (Å²) in [4.78, 5) is 10.9. The Balaban J connectivity index is 2.33. The van der Waals surface area contributed by atoms with Gasteiger partial charge in [-0.25, -0.2) is 0 Å². The fraction of sp³-hybridized carbons (Fsp3) is 0.111. The van der Waals surface area contributed by atoms with Crippen molar-refractivity contribution in [1.82, 2.24) is 0 Å². The summed E-state index contributed by atoms with van der Waals surface area (Å²) >= 11 is 0. The van der Waals surface area contributed by atoms with Crippen LogP contribution in [0.1, 0.15) is 18.1 Å². The first-order valence-electron chi connectivity index (χ1n) is 6.67. The Bertz CT molecular complexity index is 740. The number of allylic oxidation sites excluding steroid dienone is 1. The van der Waals surface area contributed by atoms with E-state index in [-0.39, 0.29) is 5.97 Å². The Hall–Kier alpha value is -3.06. The molecule has 22 heavy (non-hydrogen) atoms. The number of methoxy groups -OCH3 is 1. The molecule has 0 atom stereocenters. The van der Waals surface area contributed by atoms with Gasteiger partial charge in [0.1, 0.15) is 11.5 Å². The minimum Gasteiger partial charge on any atom is -0.496 e. The van der Waals surface area contributed by atoms with Crippen LogP contribution in [0.2, 0.25) is 0 Å². The predicted octanol–water partition coefficient (Wildman–Crippen LogP) is 3.68. The Morgan fingerprint density at radius 3 is 2.41 bits per heavy atom. The van der Waals surface area contributed by atoms with Crippen LogP contribution in [0.4, 0.5) is 0 Å². The van der Waals surface area contributed by atoms with Crippen molar-refractivity contribution in [1.29, 1.82) is 5.26 Å².